The van der Waals surface area contributed by atoms with Gasteiger partial charge in [-0.2, -0.15) is 0 Å². The molecule has 6 rings (SSSR count). The molecule has 2 bridgehead atoms. The molecule has 2 aromatic carbocycles. The molecule has 330 valence electrons. The average Bonchev–Trinajstić information content (AvgIpc) is 3.19. The van der Waals surface area contributed by atoms with Crippen molar-refractivity contribution in [2.24, 2.45) is 16.7 Å². The van der Waals surface area contributed by atoms with E-state index in [1.807, 2.05) is 0 Å². The molecule has 16 nitrogen and oxygen atoms in total. The smallest absolute Gasteiger partial charge is 0.408 e. The second kappa shape index (κ2) is 16.6. The minimum atomic E-state index is -2.38. The van der Waals surface area contributed by atoms with Crippen LogP contribution in [0.1, 0.15) is 96.6 Å². The number of benzene rings is 2. The van der Waals surface area contributed by atoms with Crippen LogP contribution >= 0.6 is 0 Å². The van der Waals surface area contributed by atoms with E-state index < -0.39 is 118 Å². The van der Waals surface area contributed by atoms with Gasteiger partial charge < -0.3 is 49.1 Å². The van der Waals surface area contributed by atoms with Crippen LogP contribution in [0, 0.1) is 16.7 Å². The topological polar surface area (TPSA) is 231 Å². The molecule has 0 spiro atoms. The van der Waals surface area contributed by atoms with E-state index in [1.165, 1.54) is 45.9 Å². The average molecular weight is 850 g/mol. The molecule has 3 fully saturated rings. The molecule has 0 aromatic heterocycles. The van der Waals surface area contributed by atoms with Gasteiger partial charge in [-0.05, 0) is 57.0 Å². The van der Waals surface area contributed by atoms with Crippen LogP contribution in [-0.2, 0) is 47.6 Å². The predicted molar refractivity (Wildman–Crippen MR) is 213 cm³/mol. The lowest BCUT2D eigenvalue weighted by atomic mass is 9.45. The molecule has 1 amide bonds. The Hall–Kier alpha value is -5.16. The zero-order chi connectivity index (χ0) is 44.9. The van der Waals surface area contributed by atoms with Gasteiger partial charge in [0, 0.05) is 31.6 Å². The third kappa shape index (κ3) is 8.18. The van der Waals surface area contributed by atoms with Crippen LogP contribution in [0.2, 0.25) is 0 Å². The largest absolute Gasteiger partial charge is 0.455 e. The molecule has 61 heavy (non-hydrogen) atoms. The van der Waals surface area contributed by atoms with Crippen LogP contribution in [0.15, 0.2) is 72.3 Å². The highest BCUT2D eigenvalue weighted by atomic mass is 16.6. The molecule has 4 N–H and O–H groups in total. The van der Waals surface area contributed by atoms with E-state index in [2.05, 4.69) is 5.32 Å². The molecular formula is C45H55NO15. The summed E-state index contributed by atoms with van der Waals surface area (Å²) in [7, 11) is 0. The van der Waals surface area contributed by atoms with Gasteiger partial charge in [0.15, 0.2) is 11.4 Å². The van der Waals surface area contributed by atoms with Crippen LogP contribution in [0.3, 0.4) is 0 Å². The van der Waals surface area contributed by atoms with E-state index in [0.717, 1.165) is 6.92 Å². The zero-order valence-corrected chi connectivity index (χ0v) is 35.5. The molecule has 5 unspecified atom stereocenters. The quantitative estimate of drug-likeness (QED) is 0.151. The summed E-state index contributed by atoms with van der Waals surface area (Å²) in [5.74, 6) is -6.20. The van der Waals surface area contributed by atoms with Gasteiger partial charge in [-0.1, -0.05) is 69.3 Å². The maximum absolute atomic E-state index is 14.9. The number of amides is 1. The van der Waals surface area contributed by atoms with Crippen molar-refractivity contribution < 1.29 is 72.5 Å². The number of Topliss-reactive ketones (excluding diaryl/α,β-unsaturated/α-hetero) is 1. The Bertz CT molecular complexity index is 2060. The fourth-order valence-corrected chi connectivity index (χ4v) is 9.42. The Kier molecular flexibility index (Phi) is 12.4. The normalized spacial score (nSPS) is 32.3. The van der Waals surface area contributed by atoms with Gasteiger partial charge in [0.2, 0.25) is 6.10 Å². The number of alkyl carbamates (subject to hydrolysis) is 1. The summed E-state index contributed by atoms with van der Waals surface area (Å²) in [6.45, 7) is 11.7. The highest BCUT2D eigenvalue weighted by Crippen LogP contribution is 2.63. The highest BCUT2D eigenvalue weighted by Gasteiger charge is 2.77. The summed E-state index contributed by atoms with van der Waals surface area (Å²) in [5, 5.41) is 40.1. The van der Waals surface area contributed by atoms with Crippen molar-refractivity contribution in [1.82, 2.24) is 5.32 Å². The van der Waals surface area contributed by atoms with Crippen LogP contribution in [-0.4, -0.2) is 111 Å². The van der Waals surface area contributed by atoms with E-state index in [4.69, 9.17) is 28.4 Å². The van der Waals surface area contributed by atoms with Gasteiger partial charge in [-0.3, -0.25) is 14.4 Å². The Morgan fingerprint density at radius 3 is 2.13 bits per heavy atom. The summed E-state index contributed by atoms with van der Waals surface area (Å²) in [6, 6.07) is 14.6. The SMILES string of the molecule is CCC(=O)OC(C(=O)OC1C=C2[C@@H](O)C(=O)[C@@]3(C)C(C(OC(=O)c4ccccc4)[C@](O)(C1)C2(C)C)[C@]1(OC(C)=O)CO[C@@H]1C[C@@H]3O)C(NC(=O)OC(C)(C)C)c1ccccc1. The number of aliphatic hydroxyl groups is 3. The molecular weight excluding hydrogens is 794 g/mol. The second-order valence-electron chi connectivity index (χ2n) is 18.0. The third-order valence-electron chi connectivity index (χ3n) is 12.6. The number of hydrogen-bond donors (Lipinski definition) is 4. The maximum Gasteiger partial charge on any atom is 0.408 e. The van der Waals surface area contributed by atoms with E-state index in [1.54, 1.807) is 69.3 Å². The van der Waals surface area contributed by atoms with Crippen molar-refractivity contribution in [2.45, 2.75) is 134 Å². The first-order valence-corrected chi connectivity index (χ1v) is 20.4. The van der Waals surface area contributed by atoms with E-state index >= 15 is 0 Å². The summed E-state index contributed by atoms with van der Waals surface area (Å²) >= 11 is 0. The first-order chi connectivity index (χ1) is 28.5. The van der Waals surface area contributed by atoms with E-state index in [0.29, 0.717) is 5.56 Å². The molecule has 1 aliphatic heterocycles. The molecule has 0 radical (unpaired) electrons. The third-order valence-corrected chi connectivity index (χ3v) is 12.6. The number of aliphatic hydroxyl groups excluding tert-OH is 2. The van der Waals surface area contributed by atoms with Crippen molar-refractivity contribution in [3.8, 4) is 0 Å². The maximum atomic E-state index is 14.9. The van der Waals surface area contributed by atoms with Crippen LogP contribution < -0.4 is 5.32 Å². The molecule has 11 atom stereocenters. The fourth-order valence-electron chi connectivity index (χ4n) is 9.42. The molecule has 2 saturated carbocycles. The number of ketones is 1. The summed E-state index contributed by atoms with van der Waals surface area (Å²) in [5.41, 5.74) is -8.49. The van der Waals surface area contributed by atoms with Crippen molar-refractivity contribution in [3.05, 3.63) is 83.4 Å². The van der Waals surface area contributed by atoms with Crippen molar-refractivity contribution in [1.29, 1.82) is 0 Å². The number of rotatable bonds is 10. The summed E-state index contributed by atoms with van der Waals surface area (Å²) < 4.78 is 35.4. The Morgan fingerprint density at radius 1 is 0.951 bits per heavy atom. The zero-order valence-electron chi connectivity index (χ0n) is 35.5. The lowest BCUT2D eigenvalue weighted by Gasteiger charge is -2.67. The van der Waals surface area contributed by atoms with Gasteiger partial charge in [-0.15, -0.1) is 0 Å². The Balaban J connectivity index is 1.50. The van der Waals surface area contributed by atoms with Gasteiger partial charge in [-0.25, -0.2) is 14.4 Å². The first kappa shape index (κ1) is 45.4. The number of fused-ring (bicyclic) bond motifs is 5. The monoisotopic (exact) mass is 849 g/mol. The molecule has 2 aromatic rings. The minimum absolute atomic E-state index is 0.0675. The van der Waals surface area contributed by atoms with Crippen LogP contribution in [0.25, 0.3) is 0 Å². The van der Waals surface area contributed by atoms with Gasteiger partial charge >= 0.3 is 30.0 Å². The number of hydrogen-bond acceptors (Lipinski definition) is 15. The van der Waals surface area contributed by atoms with Gasteiger partial charge in [0.05, 0.1) is 29.6 Å². The Morgan fingerprint density at radius 2 is 1.57 bits per heavy atom. The van der Waals surface area contributed by atoms with Crippen molar-refractivity contribution in [3.63, 3.8) is 0 Å². The Labute approximate surface area is 353 Å². The summed E-state index contributed by atoms with van der Waals surface area (Å²) in [4.78, 5) is 82.7. The molecule has 1 saturated heterocycles. The number of carbonyl (C=O) groups is 6. The standard InChI is InChI=1S/C45H55NO15/c1-9-31(49)58-34(32(25-16-12-10-13-17-25)46-40(54)61-41(3,4)5)39(53)57-27-20-28-33(50)36(51)43(8)29(48)21-30-44(23-56-30,60-24(2)47)35(43)37(45(55,22-27)42(28,6)7)59-38(52)26-18-14-11-15-19-26/h10-20,27,29-30,32-35,37,48,50,55H,9,21-23H2,1-8H3,(H,46,54)/t27?,29-,30+,32?,33+,34?,35?,37?,43+,44-,45+/m0/s1. The highest BCUT2D eigenvalue weighted by molar-refractivity contribution is 5.94. The van der Waals surface area contributed by atoms with Crippen LogP contribution in [0.4, 0.5) is 4.79 Å². The number of ether oxygens (including phenoxy) is 6. The number of esters is 4. The van der Waals surface area contributed by atoms with E-state index in [-0.39, 0.29) is 30.6 Å². The minimum Gasteiger partial charge on any atom is -0.455 e. The molecule has 3 aliphatic carbocycles. The van der Waals surface area contributed by atoms with Crippen molar-refractivity contribution >= 4 is 35.8 Å². The fraction of sp³-hybridized carbons (Fsp3) is 0.556. The summed E-state index contributed by atoms with van der Waals surface area (Å²) in [6.07, 6.45) is -10.3. The lowest BCUT2D eigenvalue weighted by molar-refractivity contribution is -0.345. The number of nitrogens with one attached hydrogen (secondary N) is 1. The predicted octanol–water partition coefficient (Wildman–Crippen LogP) is 3.83. The van der Waals surface area contributed by atoms with Crippen molar-refractivity contribution in [2.75, 3.05) is 6.61 Å². The second-order valence-corrected chi connectivity index (χ2v) is 18.0. The lowest BCUT2D eigenvalue weighted by Crippen LogP contribution is -2.81. The molecule has 4 aliphatic rings. The molecule has 16 heteroatoms. The molecule has 1 heterocycles. The van der Waals surface area contributed by atoms with Gasteiger partial charge in [0.25, 0.3) is 0 Å². The van der Waals surface area contributed by atoms with Gasteiger partial charge in [0.1, 0.15) is 41.7 Å². The van der Waals surface area contributed by atoms with E-state index in [9.17, 15) is 44.1 Å². The first-order valence-electron chi connectivity index (χ1n) is 20.4. The van der Waals surface area contributed by atoms with Crippen LogP contribution in [0.5, 0.6) is 0 Å². The number of carbonyl (C=O) groups excluding carboxylic acids is 6.